The SMILES string of the molecule is CC(O)C(C)Nc1cccc(C(N)=O)c1. The van der Waals surface area contributed by atoms with E-state index in [1.807, 2.05) is 13.0 Å². The third-order valence-corrected chi connectivity index (χ3v) is 2.27. The van der Waals surface area contributed by atoms with Crippen LogP contribution in [-0.4, -0.2) is 23.2 Å². The van der Waals surface area contributed by atoms with Crippen molar-refractivity contribution in [2.75, 3.05) is 5.32 Å². The van der Waals surface area contributed by atoms with Gasteiger partial charge in [0.25, 0.3) is 0 Å². The topological polar surface area (TPSA) is 75.3 Å². The van der Waals surface area contributed by atoms with E-state index in [0.29, 0.717) is 5.56 Å². The summed E-state index contributed by atoms with van der Waals surface area (Å²) >= 11 is 0. The summed E-state index contributed by atoms with van der Waals surface area (Å²) in [6.07, 6.45) is -0.456. The van der Waals surface area contributed by atoms with E-state index >= 15 is 0 Å². The molecule has 1 rings (SSSR count). The number of aliphatic hydroxyl groups is 1. The number of nitrogens with two attached hydrogens (primary N) is 1. The standard InChI is InChI=1S/C11H16N2O2/c1-7(8(2)14)13-10-5-3-4-9(6-10)11(12)15/h3-8,13-14H,1-2H3,(H2,12,15). The molecule has 0 heterocycles. The molecule has 2 atom stereocenters. The number of amides is 1. The van der Waals surface area contributed by atoms with E-state index in [-0.39, 0.29) is 6.04 Å². The van der Waals surface area contributed by atoms with E-state index in [2.05, 4.69) is 5.32 Å². The first-order valence-electron chi connectivity index (χ1n) is 4.85. The molecular weight excluding hydrogens is 192 g/mol. The van der Waals surface area contributed by atoms with E-state index < -0.39 is 12.0 Å². The van der Waals surface area contributed by atoms with Gasteiger partial charge in [-0.2, -0.15) is 0 Å². The van der Waals surface area contributed by atoms with E-state index in [4.69, 9.17) is 5.73 Å². The minimum atomic E-state index is -0.456. The molecule has 0 saturated heterocycles. The predicted octanol–water partition coefficient (Wildman–Crippen LogP) is 0.967. The van der Waals surface area contributed by atoms with Gasteiger partial charge in [-0.1, -0.05) is 6.07 Å². The summed E-state index contributed by atoms with van der Waals surface area (Å²) in [4.78, 5) is 10.9. The molecule has 1 aromatic carbocycles. The fraction of sp³-hybridized carbons (Fsp3) is 0.364. The van der Waals surface area contributed by atoms with Crippen molar-refractivity contribution >= 4 is 11.6 Å². The Morgan fingerprint density at radius 1 is 1.47 bits per heavy atom. The summed E-state index contributed by atoms with van der Waals surface area (Å²) in [7, 11) is 0. The lowest BCUT2D eigenvalue weighted by Gasteiger charge is -2.18. The molecular formula is C11H16N2O2. The number of primary amides is 1. The maximum Gasteiger partial charge on any atom is 0.248 e. The van der Waals surface area contributed by atoms with E-state index in [1.165, 1.54) is 0 Å². The zero-order chi connectivity index (χ0) is 11.4. The Morgan fingerprint density at radius 2 is 2.13 bits per heavy atom. The third kappa shape index (κ3) is 3.25. The van der Waals surface area contributed by atoms with Crippen molar-refractivity contribution in [2.45, 2.75) is 26.0 Å². The van der Waals surface area contributed by atoms with Crippen LogP contribution in [0.3, 0.4) is 0 Å². The van der Waals surface area contributed by atoms with Gasteiger partial charge in [-0.25, -0.2) is 0 Å². The van der Waals surface area contributed by atoms with Crippen molar-refractivity contribution < 1.29 is 9.90 Å². The fourth-order valence-corrected chi connectivity index (χ4v) is 1.15. The Kier molecular flexibility index (Phi) is 3.68. The lowest BCUT2D eigenvalue weighted by atomic mass is 10.1. The molecule has 0 bridgehead atoms. The Morgan fingerprint density at radius 3 is 2.67 bits per heavy atom. The van der Waals surface area contributed by atoms with Crippen LogP contribution in [0, 0.1) is 0 Å². The molecule has 4 nitrogen and oxygen atoms in total. The molecule has 0 spiro atoms. The highest BCUT2D eigenvalue weighted by Gasteiger charge is 2.08. The zero-order valence-corrected chi connectivity index (χ0v) is 8.90. The number of hydrogen-bond acceptors (Lipinski definition) is 3. The van der Waals surface area contributed by atoms with Crippen molar-refractivity contribution in [1.29, 1.82) is 0 Å². The number of rotatable bonds is 4. The number of hydrogen-bond donors (Lipinski definition) is 3. The highest BCUT2D eigenvalue weighted by molar-refractivity contribution is 5.93. The molecule has 4 N–H and O–H groups in total. The van der Waals surface area contributed by atoms with Gasteiger partial charge in [-0.15, -0.1) is 0 Å². The van der Waals surface area contributed by atoms with Gasteiger partial charge in [-0.05, 0) is 32.0 Å². The zero-order valence-electron chi connectivity index (χ0n) is 8.90. The van der Waals surface area contributed by atoms with Crippen molar-refractivity contribution in [3.63, 3.8) is 0 Å². The molecule has 1 aromatic rings. The number of anilines is 1. The van der Waals surface area contributed by atoms with Crippen molar-refractivity contribution in [2.24, 2.45) is 5.73 Å². The number of nitrogens with one attached hydrogen (secondary N) is 1. The smallest absolute Gasteiger partial charge is 0.248 e. The molecule has 0 aromatic heterocycles. The predicted molar refractivity (Wildman–Crippen MR) is 59.7 cm³/mol. The molecule has 0 saturated carbocycles. The van der Waals surface area contributed by atoms with Gasteiger partial charge in [0.2, 0.25) is 5.91 Å². The molecule has 15 heavy (non-hydrogen) atoms. The van der Waals surface area contributed by atoms with Gasteiger partial charge in [0, 0.05) is 17.3 Å². The summed E-state index contributed by atoms with van der Waals surface area (Å²) in [5.74, 6) is -0.455. The highest BCUT2D eigenvalue weighted by Crippen LogP contribution is 2.12. The molecule has 82 valence electrons. The normalized spacial score (nSPS) is 14.3. The quantitative estimate of drug-likeness (QED) is 0.690. The molecule has 0 aliphatic carbocycles. The molecule has 2 unspecified atom stereocenters. The van der Waals surface area contributed by atoms with Crippen LogP contribution in [0.2, 0.25) is 0 Å². The Balaban J connectivity index is 2.78. The van der Waals surface area contributed by atoms with Crippen LogP contribution in [0.1, 0.15) is 24.2 Å². The van der Waals surface area contributed by atoms with Crippen LogP contribution < -0.4 is 11.1 Å². The number of benzene rings is 1. The average Bonchev–Trinajstić information content (AvgIpc) is 2.18. The summed E-state index contributed by atoms with van der Waals surface area (Å²) in [6.45, 7) is 3.57. The number of carbonyl (C=O) groups excluding carboxylic acids is 1. The van der Waals surface area contributed by atoms with Crippen LogP contribution in [0.25, 0.3) is 0 Å². The molecule has 0 fully saturated rings. The van der Waals surface area contributed by atoms with E-state index in [9.17, 15) is 9.90 Å². The van der Waals surface area contributed by atoms with Crippen molar-refractivity contribution in [1.82, 2.24) is 0 Å². The van der Waals surface area contributed by atoms with Gasteiger partial charge in [0.15, 0.2) is 0 Å². The Labute approximate surface area is 89.1 Å². The molecule has 0 aliphatic heterocycles. The second kappa shape index (κ2) is 4.79. The first-order valence-corrected chi connectivity index (χ1v) is 4.85. The van der Waals surface area contributed by atoms with E-state index in [1.54, 1.807) is 25.1 Å². The summed E-state index contributed by atoms with van der Waals surface area (Å²) in [6, 6.07) is 6.82. The Bertz CT molecular complexity index is 350. The first-order chi connectivity index (χ1) is 7.00. The maximum absolute atomic E-state index is 10.9. The van der Waals surface area contributed by atoms with Crippen LogP contribution in [0.5, 0.6) is 0 Å². The van der Waals surface area contributed by atoms with Crippen molar-refractivity contribution in [3.05, 3.63) is 29.8 Å². The lowest BCUT2D eigenvalue weighted by Crippen LogP contribution is -2.27. The second-order valence-corrected chi connectivity index (χ2v) is 3.62. The van der Waals surface area contributed by atoms with Crippen LogP contribution in [0.15, 0.2) is 24.3 Å². The van der Waals surface area contributed by atoms with E-state index in [0.717, 1.165) is 5.69 Å². The van der Waals surface area contributed by atoms with Crippen LogP contribution in [0.4, 0.5) is 5.69 Å². The summed E-state index contributed by atoms with van der Waals surface area (Å²) in [5.41, 5.74) is 6.39. The Hall–Kier alpha value is -1.55. The fourth-order valence-electron chi connectivity index (χ4n) is 1.15. The van der Waals surface area contributed by atoms with Gasteiger partial charge < -0.3 is 16.2 Å². The largest absolute Gasteiger partial charge is 0.391 e. The lowest BCUT2D eigenvalue weighted by molar-refractivity contribution is 0.100. The first kappa shape index (κ1) is 11.5. The summed E-state index contributed by atoms with van der Waals surface area (Å²) < 4.78 is 0. The molecule has 1 amide bonds. The maximum atomic E-state index is 10.9. The monoisotopic (exact) mass is 208 g/mol. The molecule has 4 heteroatoms. The second-order valence-electron chi connectivity index (χ2n) is 3.62. The van der Waals surface area contributed by atoms with Gasteiger partial charge >= 0.3 is 0 Å². The number of aliphatic hydroxyl groups excluding tert-OH is 1. The van der Waals surface area contributed by atoms with Crippen molar-refractivity contribution in [3.8, 4) is 0 Å². The van der Waals surface area contributed by atoms with Crippen LogP contribution in [-0.2, 0) is 0 Å². The molecule has 0 aliphatic rings. The van der Waals surface area contributed by atoms with Crippen LogP contribution >= 0.6 is 0 Å². The molecule has 0 radical (unpaired) electrons. The van der Waals surface area contributed by atoms with Gasteiger partial charge in [-0.3, -0.25) is 4.79 Å². The highest BCUT2D eigenvalue weighted by atomic mass is 16.3. The number of carbonyl (C=O) groups is 1. The average molecular weight is 208 g/mol. The third-order valence-electron chi connectivity index (χ3n) is 2.27. The minimum Gasteiger partial charge on any atom is -0.391 e. The summed E-state index contributed by atoms with van der Waals surface area (Å²) in [5, 5.41) is 12.4. The minimum absolute atomic E-state index is 0.0758. The van der Waals surface area contributed by atoms with Gasteiger partial charge in [0.05, 0.1) is 6.10 Å². The van der Waals surface area contributed by atoms with Gasteiger partial charge in [0.1, 0.15) is 0 Å².